The van der Waals surface area contributed by atoms with Crippen LogP contribution in [0.15, 0.2) is 43.0 Å². The number of nitro groups is 1. The maximum Gasteiger partial charge on any atom is 0.409 e. The van der Waals surface area contributed by atoms with Gasteiger partial charge in [0.1, 0.15) is 6.10 Å². The first-order chi connectivity index (χ1) is 17.4. The molecule has 0 N–H and O–H groups in total. The molecule has 0 spiro atoms. The molecular weight excluding hydrogens is 480 g/mol. The Morgan fingerprint density at radius 2 is 1.95 bits per heavy atom. The number of benzene rings is 1. The highest BCUT2D eigenvalue weighted by Crippen LogP contribution is 2.67. The van der Waals surface area contributed by atoms with Gasteiger partial charge in [-0.1, -0.05) is 18.2 Å². The first-order valence-corrected chi connectivity index (χ1v) is 12.2. The van der Waals surface area contributed by atoms with Crippen molar-refractivity contribution in [2.24, 2.45) is 28.6 Å². The summed E-state index contributed by atoms with van der Waals surface area (Å²) in [4.78, 5) is 50.8. The normalized spacial score (nSPS) is 29.8. The number of carbonyl (C=O) groups excluding carboxylic acids is 3. The van der Waals surface area contributed by atoms with Crippen LogP contribution in [0, 0.1) is 38.7 Å². The lowest BCUT2D eigenvalue weighted by Gasteiger charge is -2.45. The van der Waals surface area contributed by atoms with Crippen LogP contribution >= 0.6 is 0 Å². The minimum Gasteiger partial charge on any atom is -0.465 e. The zero-order chi connectivity index (χ0) is 27.3. The molecule has 1 unspecified atom stereocenters. The SMILES string of the molecule is C=CC12CN(C(=O)OC)[C@@H]3[C@@H](COC(=O)C(C)(C)C)[C@H]1[C@H](OC(C)=O)C=C(c1ccccc1[N+](=O)[O-])[C@@H]32. The summed E-state index contributed by atoms with van der Waals surface area (Å²) in [5, 5.41) is 11.9. The lowest BCUT2D eigenvalue weighted by molar-refractivity contribution is -0.385. The van der Waals surface area contributed by atoms with Crippen molar-refractivity contribution < 1.29 is 33.5 Å². The molecule has 2 aliphatic carbocycles. The monoisotopic (exact) mass is 512 g/mol. The fourth-order valence-corrected chi connectivity index (χ4v) is 6.46. The van der Waals surface area contributed by atoms with Crippen LogP contribution in [0.1, 0.15) is 33.3 Å². The molecule has 0 aromatic heterocycles. The van der Waals surface area contributed by atoms with Gasteiger partial charge in [-0.05, 0) is 38.5 Å². The third-order valence-electron chi connectivity index (χ3n) is 7.80. The van der Waals surface area contributed by atoms with Gasteiger partial charge in [-0.2, -0.15) is 0 Å². The highest BCUT2D eigenvalue weighted by atomic mass is 16.6. The van der Waals surface area contributed by atoms with Gasteiger partial charge in [0.05, 0.1) is 29.6 Å². The maximum atomic E-state index is 12.9. The van der Waals surface area contributed by atoms with Crippen LogP contribution < -0.4 is 0 Å². The molecule has 3 aliphatic rings. The predicted molar refractivity (Wildman–Crippen MR) is 133 cm³/mol. The number of methoxy groups -OCH3 is 1. The molecular formula is C27H32N2O8. The highest BCUT2D eigenvalue weighted by molar-refractivity contribution is 5.81. The van der Waals surface area contributed by atoms with Crippen molar-refractivity contribution in [1.29, 1.82) is 0 Å². The minimum absolute atomic E-state index is 0.0270. The van der Waals surface area contributed by atoms with Gasteiger partial charge in [-0.25, -0.2) is 4.79 Å². The first-order valence-electron chi connectivity index (χ1n) is 12.2. The maximum absolute atomic E-state index is 12.9. The van der Waals surface area contributed by atoms with Gasteiger partial charge in [0, 0.05) is 48.7 Å². The number of amides is 1. The molecule has 6 atom stereocenters. The average Bonchev–Trinajstić information content (AvgIpc) is 3.28. The number of likely N-dealkylation sites (tertiary alicyclic amines) is 1. The van der Waals surface area contributed by atoms with Crippen LogP contribution in [0.3, 0.4) is 0 Å². The molecule has 1 aromatic carbocycles. The van der Waals surface area contributed by atoms with Gasteiger partial charge in [0.25, 0.3) is 5.69 Å². The van der Waals surface area contributed by atoms with Crippen LogP contribution in [-0.2, 0) is 23.8 Å². The second kappa shape index (κ2) is 9.32. The van der Waals surface area contributed by atoms with Crippen LogP contribution in [-0.4, -0.2) is 60.3 Å². The number of rotatable bonds is 6. The number of nitro benzene ring substituents is 1. The van der Waals surface area contributed by atoms with Crippen LogP contribution in [0.2, 0.25) is 0 Å². The van der Waals surface area contributed by atoms with E-state index >= 15 is 0 Å². The molecule has 198 valence electrons. The van der Waals surface area contributed by atoms with E-state index < -0.39 is 57.8 Å². The molecule has 2 fully saturated rings. The minimum atomic E-state index is -0.800. The molecule has 10 nitrogen and oxygen atoms in total. The van der Waals surface area contributed by atoms with E-state index in [0.29, 0.717) is 11.1 Å². The molecule has 1 amide bonds. The molecule has 4 rings (SSSR count). The van der Waals surface area contributed by atoms with Gasteiger partial charge in [0.2, 0.25) is 0 Å². The van der Waals surface area contributed by atoms with Crippen molar-refractivity contribution in [2.45, 2.75) is 39.8 Å². The Morgan fingerprint density at radius 1 is 1.27 bits per heavy atom. The Kier molecular flexibility index (Phi) is 6.64. The van der Waals surface area contributed by atoms with Gasteiger partial charge in [-0.15, -0.1) is 6.58 Å². The highest BCUT2D eigenvalue weighted by Gasteiger charge is 2.72. The molecule has 10 heteroatoms. The predicted octanol–water partition coefficient (Wildman–Crippen LogP) is 4.00. The molecule has 1 saturated heterocycles. The van der Waals surface area contributed by atoms with Crippen molar-refractivity contribution in [3.63, 3.8) is 0 Å². The Balaban J connectivity index is 1.90. The summed E-state index contributed by atoms with van der Waals surface area (Å²) >= 11 is 0. The number of carbonyl (C=O) groups is 3. The summed E-state index contributed by atoms with van der Waals surface area (Å²) in [6.07, 6.45) is 2.17. The van der Waals surface area contributed by atoms with Crippen LogP contribution in [0.5, 0.6) is 0 Å². The first kappa shape index (κ1) is 26.4. The van der Waals surface area contributed by atoms with Gasteiger partial charge in [-0.3, -0.25) is 19.7 Å². The van der Waals surface area contributed by atoms with Gasteiger partial charge in [0.15, 0.2) is 0 Å². The standard InChI is InChI=1S/C27H32N2O8/c1-7-27-14-28(25(32)35-6)23-18(13-36-24(31)26(3,4)5)21(27)20(37-15(2)30)12-17(22(23)27)16-10-8-9-11-19(16)29(33)34/h7-12,18,20-23H,1,13-14H2,2-6H3/t18-,20+,21-,22-,23+,27?/m0/s1. The fourth-order valence-electron chi connectivity index (χ4n) is 6.46. The smallest absolute Gasteiger partial charge is 0.409 e. The topological polar surface area (TPSA) is 125 Å². The zero-order valence-corrected chi connectivity index (χ0v) is 21.6. The summed E-state index contributed by atoms with van der Waals surface area (Å²) < 4.78 is 16.6. The Bertz CT molecular complexity index is 1190. The number of nitrogens with zero attached hydrogens (tertiary/aromatic N) is 2. The van der Waals surface area contributed by atoms with Crippen molar-refractivity contribution in [3.8, 4) is 0 Å². The summed E-state index contributed by atoms with van der Waals surface area (Å²) in [5.74, 6) is -2.15. The Labute approximate surface area is 215 Å². The molecule has 37 heavy (non-hydrogen) atoms. The lowest BCUT2D eigenvalue weighted by Crippen LogP contribution is -2.53. The second-order valence-electron chi connectivity index (χ2n) is 10.9. The Morgan fingerprint density at radius 3 is 2.51 bits per heavy atom. The number of piperidine rings is 1. The summed E-state index contributed by atoms with van der Waals surface area (Å²) in [5.41, 5.74) is -0.668. The van der Waals surface area contributed by atoms with Crippen molar-refractivity contribution >= 4 is 29.3 Å². The quantitative estimate of drug-likeness (QED) is 0.184. The number of esters is 2. The van der Waals surface area contributed by atoms with Crippen LogP contribution in [0.25, 0.3) is 5.57 Å². The molecule has 4 bridgehead atoms. The fraction of sp³-hybridized carbons (Fsp3) is 0.519. The van der Waals surface area contributed by atoms with E-state index in [9.17, 15) is 24.5 Å². The van der Waals surface area contributed by atoms with E-state index in [1.54, 1.807) is 56.0 Å². The molecule has 0 radical (unpaired) electrons. The second-order valence-corrected chi connectivity index (χ2v) is 10.9. The third-order valence-corrected chi connectivity index (χ3v) is 7.80. The lowest BCUT2D eigenvalue weighted by atomic mass is 9.63. The summed E-state index contributed by atoms with van der Waals surface area (Å²) in [6, 6.07) is 5.82. The number of para-hydroxylation sites is 1. The van der Waals surface area contributed by atoms with Crippen molar-refractivity contribution in [2.75, 3.05) is 20.3 Å². The molecule has 1 saturated carbocycles. The van der Waals surface area contributed by atoms with E-state index in [4.69, 9.17) is 14.2 Å². The van der Waals surface area contributed by atoms with E-state index in [2.05, 4.69) is 6.58 Å². The van der Waals surface area contributed by atoms with E-state index in [1.165, 1.54) is 20.1 Å². The van der Waals surface area contributed by atoms with Gasteiger partial charge >= 0.3 is 18.0 Å². The van der Waals surface area contributed by atoms with Crippen molar-refractivity contribution in [1.82, 2.24) is 4.90 Å². The number of hydrogen-bond acceptors (Lipinski definition) is 8. The number of hydrogen-bond donors (Lipinski definition) is 0. The van der Waals surface area contributed by atoms with E-state index in [0.717, 1.165) is 0 Å². The summed E-state index contributed by atoms with van der Waals surface area (Å²) in [6.45, 7) is 10.8. The summed E-state index contributed by atoms with van der Waals surface area (Å²) in [7, 11) is 1.29. The molecule has 1 heterocycles. The van der Waals surface area contributed by atoms with Gasteiger partial charge < -0.3 is 19.1 Å². The number of ether oxygens (including phenoxy) is 3. The van der Waals surface area contributed by atoms with E-state index in [-0.39, 0.29) is 24.8 Å². The van der Waals surface area contributed by atoms with E-state index in [1.807, 2.05) is 0 Å². The van der Waals surface area contributed by atoms with Crippen molar-refractivity contribution in [3.05, 3.63) is 58.7 Å². The third kappa shape index (κ3) is 4.18. The zero-order valence-electron chi connectivity index (χ0n) is 21.6. The molecule has 1 aromatic rings. The van der Waals surface area contributed by atoms with Crippen LogP contribution in [0.4, 0.5) is 10.5 Å². The Hall–Kier alpha value is -3.69. The molecule has 1 aliphatic heterocycles. The average molecular weight is 513 g/mol. The largest absolute Gasteiger partial charge is 0.465 e.